The summed E-state index contributed by atoms with van der Waals surface area (Å²) in [6.45, 7) is 3.74. The SMILES string of the molecule is O=C(NCCN1CCCC[C@H]1CO)C1CCN(C(=O)c2cccc(Cl)c2)CC1. The van der Waals surface area contributed by atoms with Gasteiger partial charge in [-0.1, -0.05) is 24.1 Å². The first-order chi connectivity index (χ1) is 13.6. The second-order valence-electron chi connectivity index (χ2n) is 7.74. The molecule has 0 aromatic heterocycles. The molecule has 2 saturated heterocycles. The molecule has 3 rings (SSSR count). The summed E-state index contributed by atoms with van der Waals surface area (Å²) in [6, 6.07) is 7.21. The number of benzene rings is 1. The summed E-state index contributed by atoms with van der Waals surface area (Å²) < 4.78 is 0. The Labute approximate surface area is 171 Å². The Balaban J connectivity index is 1.40. The number of hydrogen-bond donors (Lipinski definition) is 2. The van der Waals surface area contributed by atoms with Crippen LogP contribution in [0.3, 0.4) is 0 Å². The number of aliphatic hydroxyl groups excluding tert-OH is 1. The van der Waals surface area contributed by atoms with Crippen molar-refractivity contribution < 1.29 is 14.7 Å². The van der Waals surface area contributed by atoms with Crippen molar-refractivity contribution in [3.63, 3.8) is 0 Å². The number of carbonyl (C=O) groups excluding carboxylic acids is 2. The quantitative estimate of drug-likeness (QED) is 0.757. The molecule has 0 bridgehead atoms. The fourth-order valence-corrected chi connectivity index (χ4v) is 4.37. The average molecular weight is 408 g/mol. The highest BCUT2D eigenvalue weighted by molar-refractivity contribution is 6.30. The Morgan fingerprint density at radius 3 is 2.64 bits per heavy atom. The number of halogens is 1. The fourth-order valence-electron chi connectivity index (χ4n) is 4.18. The first kappa shape index (κ1) is 21.1. The zero-order valence-corrected chi connectivity index (χ0v) is 17.0. The Morgan fingerprint density at radius 2 is 1.93 bits per heavy atom. The normalized spacial score (nSPS) is 21.5. The second-order valence-corrected chi connectivity index (χ2v) is 8.17. The number of rotatable bonds is 6. The number of carbonyl (C=O) groups is 2. The van der Waals surface area contributed by atoms with Gasteiger partial charge in [0.15, 0.2) is 0 Å². The number of nitrogens with one attached hydrogen (secondary N) is 1. The van der Waals surface area contributed by atoms with E-state index in [1.807, 2.05) is 0 Å². The van der Waals surface area contributed by atoms with E-state index in [-0.39, 0.29) is 30.4 Å². The largest absolute Gasteiger partial charge is 0.395 e. The maximum Gasteiger partial charge on any atom is 0.253 e. The molecule has 154 valence electrons. The minimum Gasteiger partial charge on any atom is -0.395 e. The van der Waals surface area contributed by atoms with Crippen molar-refractivity contribution in [2.75, 3.05) is 39.3 Å². The van der Waals surface area contributed by atoms with Crippen molar-refractivity contribution in [3.05, 3.63) is 34.9 Å². The van der Waals surface area contributed by atoms with Gasteiger partial charge in [-0.15, -0.1) is 0 Å². The zero-order chi connectivity index (χ0) is 19.9. The van der Waals surface area contributed by atoms with Crippen LogP contribution in [0.4, 0.5) is 0 Å². The maximum absolute atomic E-state index is 12.6. The molecular weight excluding hydrogens is 378 g/mol. The van der Waals surface area contributed by atoms with E-state index in [0.717, 1.165) is 25.9 Å². The predicted octanol–water partition coefficient (Wildman–Crippen LogP) is 2.16. The highest BCUT2D eigenvalue weighted by Crippen LogP contribution is 2.21. The van der Waals surface area contributed by atoms with Crippen LogP contribution in [-0.4, -0.2) is 72.1 Å². The van der Waals surface area contributed by atoms with E-state index in [1.165, 1.54) is 6.42 Å². The van der Waals surface area contributed by atoms with Gasteiger partial charge in [0, 0.05) is 48.7 Å². The van der Waals surface area contributed by atoms with Gasteiger partial charge >= 0.3 is 0 Å². The molecule has 1 atom stereocenters. The molecule has 0 radical (unpaired) electrons. The van der Waals surface area contributed by atoms with Gasteiger partial charge in [-0.3, -0.25) is 14.5 Å². The van der Waals surface area contributed by atoms with Gasteiger partial charge in [-0.25, -0.2) is 0 Å². The summed E-state index contributed by atoms with van der Waals surface area (Å²) in [5.74, 6) is 0.00678. The lowest BCUT2D eigenvalue weighted by Crippen LogP contribution is -2.47. The van der Waals surface area contributed by atoms with Gasteiger partial charge in [-0.05, 0) is 50.4 Å². The van der Waals surface area contributed by atoms with Crippen molar-refractivity contribution in [2.45, 2.75) is 38.1 Å². The van der Waals surface area contributed by atoms with Crippen LogP contribution in [0.15, 0.2) is 24.3 Å². The zero-order valence-electron chi connectivity index (χ0n) is 16.3. The van der Waals surface area contributed by atoms with Gasteiger partial charge in [-0.2, -0.15) is 0 Å². The van der Waals surface area contributed by atoms with Crippen molar-refractivity contribution in [1.29, 1.82) is 0 Å². The van der Waals surface area contributed by atoms with Gasteiger partial charge in [0.25, 0.3) is 5.91 Å². The van der Waals surface area contributed by atoms with Crippen LogP contribution >= 0.6 is 11.6 Å². The first-order valence-electron chi connectivity index (χ1n) is 10.3. The molecule has 2 fully saturated rings. The van der Waals surface area contributed by atoms with Crippen LogP contribution < -0.4 is 5.32 Å². The highest BCUT2D eigenvalue weighted by Gasteiger charge is 2.28. The first-order valence-corrected chi connectivity index (χ1v) is 10.6. The molecule has 2 aliphatic heterocycles. The molecule has 28 heavy (non-hydrogen) atoms. The number of amides is 2. The van der Waals surface area contributed by atoms with Gasteiger partial charge in [0.1, 0.15) is 0 Å². The monoisotopic (exact) mass is 407 g/mol. The molecule has 0 spiro atoms. The molecule has 2 N–H and O–H groups in total. The minimum atomic E-state index is -0.0431. The van der Waals surface area contributed by atoms with E-state index < -0.39 is 0 Å². The molecule has 2 heterocycles. The lowest BCUT2D eigenvalue weighted by atomic mass is 9.95. The molecule has 0 saturated carbocycles. The van der Waals surface area contributed by atoms with E-state index in [4.69, 9.17) is 11.6 Å². The van der Waals surface area contributed by atoms with Gasteiger partial charge < -0.3 is 15.3 Å². The molecule has 1 aromatic carbocycles. The number of aliphatic hydroxyl groups is 1. The second kappa shape index (κ2) is 10.2. The molecule has 2 amide bonds. The standard InChI is InChI=1S/C21H30ClN3O3/c22-18-5-3-4-17(14-18)21(28)25-11-7-16(8-12-25)20(27)23-9-13-24-10-2-1-6-19(24)15-26/h3-5,14,16,19,26H,1-2,6-13,15H2,(H,23,27)/t19-/m0/s1. The molecular formula is C21H30ClN3O3. The highest BCUT2D eigenvalue weighted by atomic mass is 35.5. The molecule has 2 aliphatic rings. The van der Waals surface area contributed by atoms with Crippen molar-refractivity contribution in [2.24, 2.45) is 5.92 Å². The molecule has 7 heteroatoms. The molecule has 0 unspecified atom stereocenters. The van der Waals surface area contributed by atoms with Crippen LogP contribution in [0, 0.1) is 5.92 Å². The summed E-state index contributed by atoms with van der Waals surface area (Å²) in [7, 11) is 0. The van der Waals surface area contributed by atoms with Crippen LogP contribution in [0.25, 0.3) is 0 Å². The summed E-state index contributed by atoms with van der Waals surface area (Å²) in [6.07, 6.45) is 4.72. The van der Waals surface area contributed by atoms with E-state index in [0.29, 0.717) is 43.1 Å². The van der Waals surface area contributed by atoms with Crippen LogP contribution in [0.5, 0.6) is 0 Å². The Bertz CT molecular complexity index is 677. The lowest BCUT2D eigenvalue weighted by molar-refractivity contribution is -0.126. The lowest BCUT2D eigenvalue weighted by Gasteiger charge is -2.35. The summed E-state index contributed by atoms with van der Waals surface area (Å²) >= 11 is 5.97. The van der Waals surface area contributed by atoms with E-state index in [9.17, 15) is 14.7 Å². The number of nitrogens with zero attached hydrogens (tertiary/aromatic N) is 2. The van der Waals surface area contributed by atoms with Crippen LogP contribution in [0.1, 0.15) is 42.5 Å². The predicted molar refractivity (Wildman–Crippen MR) is 109 cm³/mol. The van der Waals surface area contributed by atoms with E-state index in [1.54, 1.807) is 29.2 Å². The Hall–Kier alpha value is -1.63. The van der Waals surface area contributed by atoms with Crippen LogP contribution in [0.2, 0.25) is 5.02 Å². The summed E-state index contributed by atoms with van der Waals surface area (Å²) in [4.78, 5) is 29.1. The summed E-state index contributed by atoms with van der Waals surface area (Å²) in [5, 5.41) is 13.1. The number of likely N-dealkylation sites (tertiary alicyclic amines) is 2. The number of hydrogen-bond acceptors (Lipinski definition) is 4. The smallest absolute Gasteiger partial charge is 0.253 e. The van der Waals surface area contributed by atoms with E-state index in [2.05, 4.69) is 10.2 Å². The topological polar surface area (TPSA) is 72.9 Å². The number of piperidine rings is 2. The third-order valence-electron chi connectivity index (χ3n) is 5.88. The van der Waals surface area contributed by atoms with Crippen molar-refractivity contribution in [1.82, 2.24) is 15.1 Å². The van der Waals surface area contributed by atoms with Crippen molar-refractivity contribution >= 4 is 23.4 Å². The van der Waals surface area contributed by atoms with Crippen molar-refractivity contribution in [3.8, 4) is 0 Å². The van der Waals surface area contributed by atoms with Gasteiger partial charge in [0.2, 0.25) is 5.91 Å². The fraction of sp³-hybridized carbons (Fsp3) is 0.619. The Morgan fingerprint density at radius 1 is 1.14 bits per heavy atom. The van der Waals surface area contributed by atoms with Gasteiger partial charge in [0.05, 0.1) is 6.61 Å². The minimum absolute atomic E-state index is 0.0264. The maximum atomic E-state index is 12.6. The average Bonchev–Trinajstić information content (AvgIpc) is 2.73. The molecule has 1 aromatic rings. The Kier molecular flexibility index (Phi) is 7.71. The summed E-state index contributed by atoms with van der Waals surface area (Å²) in [5.41, 5.74) is 0.593. The van der Waals surface area contributed by atoms with E-state index >= 15 is 0 Å². The third kappa shape index (κ3) is 5.46. The molecule has 0 aliphatic carbocycles. The third-order valence-corrected chi connectivity index (χ3v) is 6.12. The van der Waals surface area contributed by atoms with Crippen LogP contribution in [-0.2, 0) is 4.79 Å². The molecule has 6 nitrogen and oxygen atoms in total.